The fourth-order valence-electron chi connectivity index (χ4n) is 3.18. The average Bonchev–Trinajstić information content (AvgIpc) is 3.03. The summed E-state index contributed by atoms with van der Waals surface area (Å²) in [6.45, 7) is 2.24. The van der Waals surface area contributed by atoms with Crippen LogP contribution in [0.25, 0.3) is 0 Å². The quantitative estimate of drug-likeness (QED) is 0.483. The Kier molecular flexibility index (Phi) is 4.74. The second-order valence-corrected chi connectivity index (χ2v) is 6.02. The van der Waals surface area contributed by atoms with E-state index in [4.69, 9.17) is 4.74 Å². The summed E-state index contributed by atoms with van der Waals surface area (Å²) in [6, 6.07) is 21.1. The van der Waals surface area contributed by atoms with Gasteiger partial charge in [0.2, 0.25) is 0 Å². The van der Waals surface area contributed by atoms with E-state index in [2.05, 4.69) is 73.7 Å². The Morgan fingerprint density at radius 2 is 1.59 bits per heavy atom. The molecule has 1 nitrogen and oxygen atoms in total. The van der Waals surface area contributed by atoms with Gasteiger partial charge >= 0.3 is 0 Å². The lowest BCUT2D eigenvalue weighted by atomic mass is 9.88. The molecule has 0 bridgehead atoms. The summed E-state index contributed by atoms with van der Waals surface area (Å²) in [5, 5.41) is 0. The van der Waals surface area contributed by atoms with Crippen LogP contribution in [0, 0.1) is 0 Å². The van der Waals surface area contributed by atoms with Crippen molar-refractivity contribution in [2.45, 2.75) is 44.3 Å². The lowest BCUT2D eigenvalue weighted by Gasteiger charge is -2.30. The average molecular weight is 292 g/mol. The summed E-state index contributed by atoms with van der Waals surface area (Å²) in [6.07, 6.45) is 9.27. The molecule has 0 saturated heterocycles. The van der Waals surface area contributed by atoms with Gasteiger partial charge in [0.25, 0.3) is 0 Å². The van der Waals surface area contributed by atoms with Crippen molar-refractivity contribution < 1.29 is 4.74 Å². The molecule has 1 heterocycles. The molecular formula is C21H24O. The second-order valence-electron chi connectivity index (χ2n) is 6.02. The van der Waals surface area contributed by atoms with E-state index in [0.29, 0.717) is 0 Å². The van der Waals surface area contributed by atoms with Crippen LogP contribution in [-0.4, -0.2) is 0 Å². The molecule has 2 aromatic rings. The Labute approximate surface area is 133 Å². The van der Waals surface area contributed by atoms with Gasteiger partial charge in [-0.3, -0.25) is 0 Å². The molecule has 0 unspecified atom stereocenters. The molecule has 2 atom stereocenters. The van der Waals surface area contributed by atoms with Gasteiger partial charge in [0, 0.05) is 0 Å². The molecule has 114 valence electrons. The first-order valence-electron chi connectivity index (χ1n) is 8.32. The zero-order valence-corrected chi connectivity index (χ0v) is 13.2. The summed E-state index contributed by atoms with van der Waals surface area (Å²) < 4.78 is 6.56. The Hall–Kier alpha value is -1.86. The molecule has 0 spiro atoms. The van der Waals surface area contributed by atoms with E-state index >= 15 is 0 Å². The first-order chi connectivity index (χ1) is 10.8. The van der Waals surface area contributed by atoms with Crippen LogP contribution < -0.4 is 0 Å². The van der Waals surface area contributed by atoms with Crippen LogP contribution >= 0.6 is 0 Å². The van der Waals surface area contributed by atoms with Gasteiger partial charge in [-0.2, -0.15) is 0 Å². The molecule has 3 rings (SSSR count). The topological polar surface area (TPSA) is 9.23 Å². The molecule has 0 amide bonds. The number of unbranched alkanes of at least 4 members (excludes halogenated alkanes) is 2. The number of hydrogen-bond acceptors (Lipinski definition) is 1. The summed E-state index contributed by atoms with van der Waals surface area (Å²) in [5.74, 6) is 0. The fraction of sp³-hybridized carbons (Fsp3) is 0.333. The Morgan fingerprint density at radius 3 is 2.27 bits per heavy atom. The van der Waals surface area contributed by atoms with Gasteiger partial charge in [-0.05, 0) is 30.0 Å². The summed E-state index contributed by atoms with van der Waals surface area (Å²) in [7, 11) is 0. The van der Waals surface area contributed by atoms with Crippen LogP contribution in [-0.2, 0) is 10.3 Å². The van der Waals surface area contributed by atoms with Crippen LogP contribution in [0.2, 0.25) is 0 Å². The van der Waals surface area contributed by atoms with E-state index in [1.54, 1.807) is 0 Å². The minimum Gasteiger partial charge on any atom is -0.354 e. The van der Waals surface area contributed by atoms with Gasteiger partial charge in [-0.15, -0.1) is 0 Å². The molecule has 0 saturated carbocycles. The Morgan fingerprint density at radius 1 is 0.909 bits per heavy atom. The van der Waals surface area contributed by atoms with E-state index in [1.807, 2.05) is 6.07 Å². The summed E-state index contributed by atoms with van der Waals surface area (Å²) in [4.78, 5) is 0. The lowest BCUT2D eigenvalue weighted by molar-refractivity contribution is -0.0362. The van der Waals surface area contributed by atoms with Crippen LogP contribution in [0.4, 0.5) is 0 Å². The van der Waals surface area contributed by atoms with Crippen molar-refractivity contribution >= 4 is 0 Å². The minimum atomic E-state index is -0.267. The molecule has 0 aromatic heterocycles. The van der Waals surface area contributed by atoms with E-state index in [9.17, 15) is 0 Å². The predicted molar refractivity (Wildman–Crippen MR) is 91.7 cm³/mol. The largest absolute Gasteiger partial charge is 0.354 e. The zero-order valence-electron chi connectivity index (χ0n) is 13.2. The summed E-state index contributed by atoms with van der Waals surface area (Å²) >= 11 is 0. The van der Waals surface area contributed by atoms with Gasteiger partial charge in [-0.1, -0.05) is 86.5 Å². The Bertz CT molecular complexity index is 602. The first-order valence-corrected chi connectivity index (χ1v) is 8.32. The third kappa shape index (κ3) is 3.15. The highest BCUT2D eigenvalue weighted by atomic mass is 16.5. The maximum absolute atomic E-state index is 6.56. The zero-order chi connectivity index (χ0) is 15.3. The van der Waals surface area contributed by atoms with E-state index in [1.165, 1.54) is 30.4 Å². The number of benzene rings is 2. The van der Waals surface area contributed by atoms with Gasteiger partial charge in [0.05, 0.1) is 0 Å². The summed E-state index contributed by atoms with van der Waals surface area (Å²) in [5.41, 5.74) is 2.23. The van der Waals surface area contributed by atoms with Crippen molar-refractivity contribution in [2.24, 2.45) is 0 Å². The maximum Gasteiger partial charge on any atom is 0.113 e. The van der Waals surface area contributed by atoms with Crippen LogP contribution in [0.15, 0.2) is 72.8 Å². The standard InChI is InChI=1S/C21H24O/c1-2-3-10-16-21(19-13-8-5-9-14-19)17-15-20(22-21)18-11-6-4-7-12-18/h4-9,11-15,17,20H,2-3,10,16H2,1H3/t20-,21-/m1/s1. The minimum absolute atomic E-state index is 0.0584. The molecule has 0 radical (unpaired) electrons. The van der Waals surface area contributed by atoms with E-state index in [0.717, 1.165) is 6.42 Å². The van der Waals surface area contributed by atoms with E-state index < -0.39 is 0 Å². The highest BCUT2D eigenvalue weighted by Gasteiger charge is 2.37. The van der Waals surface area contributed by atoms with Crippen molar-refractivity contribution in [1.29, 1.82) is 0 Å². The number of ether oxygens (including phenoxy) is 1. The molecular weight excluding hydrogens is 268 g/mol. The van der Waals surface area contributed by atoms with Gasteiger partial charge in [0.1, 0.15) is 11.7 Å². The van der Waals surface area contributed by atoms with Crippen LogP contribution in [0.1, 0.15) is 49.8 Å². The molecule has 0 N–H and O–H groups in total. The van der Waals surface area contributed by atoms with Crippen molar-refractivity contribution in [3.05, 3.63) is 83.9 Å². The Balaban J connectivity index is 1.84. The highest BCUT2D eigenvalue weighted by Crippen LogP contribution is 2.43. The maximum atomic E-state index is 6.56. The van der Waals surface area contributed by atoms with Crippen LogP contribution in [0.5, 0.6) is 0 Å². The predicted octanol–water partition coefficient (Wildman–Crippen LogP) is 5.79. The molecule has 0 aliphatic carbocycles. The molecule has 2 aromatic carbocycles. The van der Waals surface area contributed by atoms with Crippen molar-refractivity contribution in [3.63, 3.8) is 0 Å². The normalized spacial score (nSPS) is 23.8. The molecule has 1 aliphatic rings. The molecule has 1 heteroatoms. The second kappa shape index (κ2) is 6.93. The third-order valence-corrected chi connectivity index (χ3v) is 4.42. The van der Waals surface area contributed by atoms with Crippen molar-refractivity contribution in [2.75, 3.05) is 0 Å². The monoisotopic (exact) mass is 292 g/mol. The molecule has 22 heavy (non-hydrogen) atoms. The van der Waals surface area contributed by atoms with Gasteiger partial charge in [-0.25, -0.2) is 0 Å². The third-order valence-electron chi connectivity index (χ3n) is 4.42. The van der Waals surface area contributed by atoms with E-state index in [-0.39, 0.29) is 11.7 Å². The van der Waals surface area contributed by atoms with Gasteiger partial charge in [0.15, 0.2) is 0 Å². The van der Waals surface area contributed by atoms with Crippen molar-refractivity contribution in [3.8, 4) is 0 Å². The highest BCUT2D eigenvalue weighted by molar-refractivity contribution is 5.33. The number of hydrogen-bond donors (Lipinski definition) is 0. The van der Waals surface area contributed by atoms with Gasteiger partial charge < -0.3 is 4.74 Å². The van der Waals surface area contributed by atoms with Crippen LogP contribution in [0.3, 0.4) is 0 Å². The number of rotatable bonds is 6. The molecule has 0 fully saturated rings. The smallest absolute Gasteiger partial charge is 0.113 e. The van der Waals surface area contributed by atoms with Crippen molar-refractivity contribution in [1.82, 2.24) is 0 Å². The molecule has 1 aliphatic heterocycles. The first kappa shape index (κ1) is 15.1. The fourth-order valence-corrected chi connectivity index (χ4v) is 3.18. The SMILES string of the molecule is CCCCC[C@]1(c2ccccc2)C=C[C@H](c2ccccc2)O1. The lowest BCUT2D eigenvalue weighted by Crippen LogP contribution is -2.25.